The molecule has 0 bridgehead atoms. The molecule has 4 N–H and O–H groups in total. The number of sulfonamides is 1. The Bertz CT molecular complexity index is 1280. The molecule has 0 saturated heterocycles. The summed E-state index contributed by atoms with van der Waals surface area (Å²) in [6.45, 7) is 0. The van der Waals surface area contributed by atoms with Crippen molar-refractivity contribution in [1.82, 2.24) is 0 Å². The molecule has 0 radical (unpaired) electrons. The fourth-order valence-corrected chi connectivity index (χ4v) is 5.95. The van der Waals surface area contributed by atoms with Crippen molar-refractivity contribution in [3.63, 3.8) is 0 Å². The lowest BCUT2D eigenvalue weighted by Gasteiger charge is -2.10. The molecule has 1 aliphatic rings. The second kappa shape index (κ2) is 8.33. The highest BCUT2D eigenvalue weighted by Gasteiger charge is 2.26. The monoisotopic (exact) mass is 475 g/mol. The number of fused-ring (bicyclic) bond motifs is 1. The Balaban J connectivity index is 1.56. The first-order valence-corrected chi connectivity index (χ1v) is 12.1. The van der Waals surface area contributed by atoms with E-state index in [1.807, 2.05) is 0 Å². The van der Waals surface area contributed by atoms with Gasteiger partial charge in [0.25, 0.3) is 21.8 Å². The minimum absolute atomic E-state index is 0.0472. The number of aryl methyl sites for hydroxylation is 1. The van der Waals surface area contributed by atoms with E-state index in [4.69, 9.17) is 17.3 Å². The highest BCUT2D eigenvalue weighted by atomic mass is 35.5. The topological polar surface area (TPSA) is 118 Å². The van der Waals surface area contributed by atoms with Crippen molar-refractivity contribution in [3.8, 4) is 0 Å². The number of thiophene rings is 1. The van der Waals surface area contributed by atoms with Crippen LogP contribution in [0.25, 0.3) is 0 Å². The fourth-order valence-electron chi connectivity index (χ4n) is 3.48. The lowest BCUT2D eigenvalue weighted by molar-refractivity contribution is 0.100. The number of benzene rings is 2. The van der Waals surface area contributed by atoms with Gasteiger partial charge in [-0.25, -0.2) is 8.42 Å². The quantitative estimate of drug-likeness (QED) is 0.498. The number of primary amides is 1. The van der Waals surface area contributed by atoms with Crippen LogP contribution in [0.1, 0.15) is 37.6 Å². The van der Waals surface area contributed by atoms with E-state index in [9.17, 15) is 18.0 Å². The summed E-state index contributed by atoms with van der Waals surface area (Å²) in [6, 6.07) is 11.8. The molecule has 0 fully saturated rings. The average Bonchev–Trinajstić information content (AvgIpc) is 3.28. The summed E-state index contributed by atoms with van der Waals surface area (Å²) in [7, 11) is -3.85. The minimum Gasteiger partial charge on any atom is -0.365 e. The molecular formula is C21H18ClN3O4S2. The van der Waals surface area contributed by atoms with Gasteiger partial charge in [-0.1, -0.05) is 17.7 Å². The summed E-state index contributed by atoms with van der Waals surface area (Å²) < 4.78 is 27.6. The third kappa shape index (κ3) is 4.43. The molecule has 1 aliphatic carbocycles. The Morgan fingerprint density at radius 3 is 2.52 bits per heavy atom. The summed E-state index contributed by atoms with van der Waals surface area (Å²) in [4.78, 5) is 25.8. The van der Waals surface area contributed by atoms with Gasteiger partial charge in [0.05, 0.1) is 10.5 Å². The van der Waals surface area contributed by atoms with Gasteiger partial charge in [0.15, 0.2) is 0 Å². The SMILES string of the molecule is NC(=O)c1c(NC(=O)c2cccc(NS(=O)(=O)c3ccc(Cl)cc3)c2)sc2c1CCC2. The van der Waals surface area contributed by atoms with Crippen LogP contribution < -0.4 is 15.8 Å². The number of rotatable bonds is 6. The maximum atomic E-state index is 12.8. The summed E-state index contributed by atoms with van der Waals surface area (Å²) in [5.41, 5.74) is 7.28. The molecule has 1 aromatic heterocycles. The molecule has 0 unspecified atom stereocenters. The maximum absolute atomic E-state index is 12.8. The predicted molar refractivity (Wildman–Crippen MR) is 122 cm³/mol. The van der Waals surface area contributed by atoms with Crippen molar-refractivity contribution in [2.24, 2.45) is 5.73 Å². The van der Waals surface area contributed by atoms with Gasteiger partial charge in [0.1, 0.15) is 5.00 Å². The van der Waals surface area contributed by atoms with Crippen LogP contribution in [-0.2, 0) is 22.9 Å². The maximum Gasteiger partial charge on any atom is 0.261 e. The molecule has 160 valence electrons. The second-order valence-electron chi connectivity index (χ2n) is 7.02. The van der Waals surface area contributed by atoms with Crippen molar-refractivity contribution < 1.29 is 18.0 Å². The molecule has 3 aromatic rings. The van der Waals surface area contributed by atoms with E-state index in [2.05, 4.69) is 10.0 Å². The molecule has 1 heterocycles. The van der Waals surface area contributed by atoms with Crippen molar-refractivity contribution in [1.29, 1.82) is 0 Å². The molecule has 7 nitrogen and oxygen atoms in total. The van der Waals surface area contributed by atoms with E-state index in [0.717, 1.165) is 29.7 Å². The van der Waals surface area contributed by atoms with E-state index in [0.29, 0.717) is 15.6 Å². The number of nitrogens with one attached hydrogen (secondary N) is 2. The number of nitrogens with two attached hydrogens (primary N) is 1. The van der Waals surface area contributed by atoms with Crippen molar-refractivity contribution in [3.05, 3.63) is 75.1 Å². The Morgan fingerprint density at radius 2 is 1.81 bits per heavy atom. The van der Waals surface area contributed by atoms with Gasteiger partial charge >= 0.3 is 0 Å². The summed E-state index contributed by atoms with van der Waals surface area (Å²) in [6.07, 6.45) is 2.59. The van der Waals surface area contributed by atoms with Crippen molar-refractivity contribution >= 4 is 55.5 Å². The first-order chi connectivity index (χ1) is 14.7. The smallest absolute Gasteiger partial charge is 0.261 e. The standard InChI is InChI=1S/C21H18ClN3O4S2/c22-13-7-9-15(10-8-13)31(28,29)25-14-4-1-3-12(11-14)20(27)24-21-18(19(23)26)16-5-2-6-17(16)30-21/h1,3-4,7-11,25H,2,5-6H2,(H2,23,26)(H,24,27). The first kappa shape index (κ1) is 21.4. The number of carbonyl (C=O) groups excluding carboxylic acids is 2. The zero-order valence-electron chi connectivity index (χ0n) is 16.1. The third-order valence-corrected chi connectivity index (χ3v) is 7.75. The van der Waals surface area contributed by atoms with Gasteiger partial charge in [-0.05, 0) is 67.3 Å². The van der Waals surface area contributed by atoms with Crippen LogP contribution in [0, 0.1) is 0 Å². The Morgan fingerprint density at radius 1 is 1.06 bits per heavy atom. The van der Waals surface area contributed by atoms with Crippen LogP contribution in [-0.4, -0.2) is 20.2 Å². The molecule has 0 spiro atoms. The number of amides is 2. The number of hydrogen-bond acceptors (Lipinski definition) is 5. The van der Waals surface area contributed by atoms with Gasteiger partial charge in [-0.2, -0.15) is 0 Å². The van der Waals surface area contributed by atoms with Gasteiger partial charge in [-0.15, -0.1) is 11.3 Å². The largest absolute Gasteiger partial charge is 0.365 e. The molecule has 31 heavy (non-hydrogen) atoms. The van der Waals surface area contributed by atoms with E-state index in [1.54, 1.807) is 18.2 Å². The molecule has 4 rings (SSSR count). The number of anilines is 2. The highest BCUT2D eigenvalue weighted by molar-refractivity contribution is 7.92. The molecule has 2 amide bonds. The Kier molecular flexibility index (Phi) is 5.74. The van der Waals surface area contributed by atoms with E-state index >= 15 is 0 Å². The van der Waals surface area contributed by atoms with Crippen LogP contribution in [0.4, 0.5) is 10.7 Å². The molecule has 10 heteroatoms. The van der Waals surface area contributed by atoms with Gasteiger partial charge in [-0.3, -0.25) is 14.3 Å². The molecule has 2 aromatic carbocycles. The number of halogens is 1. The summed E-state index contributed by atoms with van der Waals surface area (Å²) >= 11 is 7.17. The Labute approximate surface area is 188 Å². The number of carbonyl (C=O) groups is 2. The minimum atomic E-state index is -3.85. The molecule has 0 aliphatic heterocycles. The van der Waals surface area contributed by atoms with Gasteiger partial charge in [0.2, 0.25) is 0 Å². The van der Waals surface area contributed by atoms with E-state index < -0.39 is 21.8 Å². The van der Waals surface area contributed by atoms with Gasteiger partial charge in [0, 0.05) is 21.2 Å². The van der Waals surface area contributed by atoms with Crippen molar-refractivity contribution in [2.75, 3.05) is 10.0 Å². The normalized spacial score (nSPS) is 12.9. The predicted octanol–water partition coefficient (Wildman–Crippen LogP) is 4.04. The molecule has 0 saturated carbocycles. The van der Waals surface area contributed by atoms with Crippen LogP contribution in [0.15, 0.2) is 53.4 Å². The zero-order valence-corrected chi connectivity index (χ0v) is 18.5. The van der Waals surface area contributed by atoms with Crippen LogP contribution in [0.3, 0.4) is 0 Å². The lowest BCUT2D eigenvalue weighted by atomic mass is 10.1. The van der Waals surface area contributed by atoms with E-state index in [1.165, 1.54) is 41.7 Å². The van der Waals surface area contributed by atoms with Crippen molar-refractivity contribution in [2.45, 2.75) is 24.2 Å². The Hall–Kier alpha value is -2.88. The van der Waals surface area contributed by atoms with Crippen LogP contribution in [0.5, 0.6) is 0 Å². The summed E-state index contributed by atoms with van der Waals surface area (Å²) in [5, 5.41) is 3.60. The second-order valence-corrected chi connectivity index (χ2v) is 10.2. The van der Waals surface area contributed by atoms with Crippen LogP contribution >= 0.6 is 22.9 Å². The van der Waals surface area contributed by atoms with E-state index in [-0.39, 0.29) is 16.1 Å². The highest BCUT2D eigenvalue weighted by Crippen LogP contribution is 2.39. The summed E-state index contributed by atoms with van der Waals surface area (Å²) in [5.74, 6) is -1.03. The average molecular weight is 476 g/mol. The van der Waals surface area contributed by atoms with Gasteiger partial charge < -0.3 is 11.1 Å². The lowest BCUT2D eigenvalue weighted by Crippen LogP contribution is -2.18. The first-order valence-electron chi connectivity index (χ1n) is 9.39. The molecule has 0 atom stereocenters. The third-order valence-electron chi connectivity index (χ3n) is 4.90. The zero-order chi connectivity index (χ0) is 22.2. The van der Waals surface area contributed by atoms with Crippen LogP contribution in [0.2, 0.25) is 5.02 Å². The number of hydrogen-bond donors (Lipinski definition) is 3. The molecular weight excluding hydrogens is 458 g/mol. The fraction of sp³-hybridized carbons (Fsp3) is 0.143.